The number of unbranched alkanes of at least 4 members (excludes halogenated alkanes) is 1. The van der Waals surface area contributed by atoms with Gasteiger partial charge in [-0.25, -0.2) is 15.0 Å². The van der Waals surface area contributed by atoms with Crippen molar-refractivity contribution in [3.8, 4) is 5.88 Å². The molecule has 0 unspecified atom stereocenters. The molecule has 0 aliphatic heterocycles. The first-order valence-electron chi connectivity index (χ1n) is 7.73. The van der Waals surface area contributed by atoms with E-state index in [1.165, 1.54) is 6.07 Å². The van der Waals surface area contributed by atoms with E-state index in [1.807, 2.05) is 0 Å². The zero-order chi connectivity index (χ0) is 19.1. The number of guanidine groups is 1. The van der Waals surface area contributed by atoms with Gasteiger partial charge in [-0.3, -0.25) is 15.5 Å². The summed E-state index contributed by atoms with van der Waals surface area (Å²) in [7, 11) is 0. The number of pyridine rings is 1. The van der Waals surface area contributed by atoms with E-state index in [4.69, 9.17) is 33.6 Å². The van der Waals surface area contributed by atoms with Crippen LogP contribution in [0.2, 0.25) is 5.15 Å². The number of rotatable bonds is 6. The zero-order valence-corrected chi connectivity index (χ0v) is 14.5. The number of halogens is 1. The van der Waals surface area contributed by atoms with Gasteiger partial charge in [-0.05, 0) is 24.8 Å². The predicted molar refractivity (Wildman–Crippen MR) is 97.9 cm³/mol. The Morgan fingerprint density at radius 1 is 1.23 bits per heavy atom. The van der Waals surface area contributed by atoms with Gasteiger partial charge in [0.2, 0.25) is 5.88 Å². The number of hydrogen-bond donors (Lipinski definition) is 6. The average Bonchev–Trinajstić information content (AvgIpc) is 2.59. The number of nitrogens with one attached hydrogen (secondary N) is 3. The molecule has 0 aliphatic rings. The van der Waals surface area contributed by atoms with E-state index in [2.05, 4.69) is 25.6 Å². The Morgan fingerprint density at radius 3 is 2.69 bits per heavy atom. The quantitative estimate of drug-likeness (QED) is 0.241. The number of aromatic hydroxyl groups is 1. The highest BCUT2D eigenvalue weighted by Crippen LogP contribution is 2.17. The Bertz CT molecular complexity index is 797. The standard InChI is InChI=1S/C15H19ClN8O2/c16-11-13(18)23-12(17)10(22-11)14(26)24-15(19)20-6-2-1-3-8-4-5-9(25)21-7-8/h4-5,7H,1-3,6H2,(H,21,25)(H4,17,18,23)(H3,19,20,24,26). The fraction of sp³-hybridized carbons (Fsp3) is 0.267. The Hall–Kier alpha value is -3.14. The molecule has 2 aromatic rings. The summed E-state index contributed by atoms with van der Waals surface area (Å²) in [4.78, 5) is 23.3. The van der Waals surface area contributed by atoms with Crippen molar-refractivity contribution in [1.82, 2.24) is 25.6 Å². The molecule has 26 heavy (non-hydrogen) atoms. The minimum atomic E-state index is -0.704. The number of hydrogen-bond acceptors (Lipinski definition) is 8. The number of amides is 1. The maximum absolute atomic E-state index is 12.0. The summed E-state index contributed by atoms with van der Waals surface area (Å²) in [6, 6.07) is 3.35. The molecule has 2 heterocycles. The molecular weight excluding hydrogens is 360 g/mol. The largest absolute Gasteiger partial charge is 0.493 e. The minimum absolute atomic E-state index is 0.00711. The van der Waals surface area contributed by atoms with E-state index in [0.717, 1.165) is 24.8 Å². The number of aryl methyl sites for hydroxylation is 1. The van der Waals surface area contributed by atoms with Crippen LogP contribution in [0.1, 0.15) is 28.9 Å². The van der Waals surface area contributed by atoms with Gasteiger partial charge in [0, 0.05) is 18.8 Å². The number of nitrogens with two attached hydrogens (primary N) is 2. The van der Waals surface area contributed by atoms with Crippen LogP contribution in [0.25, 0.3) is 0 Å². The van der Waals surface area contributed by atoms with Gasteiger partial charge >= 0.3 is 0 Å². The van der Waals surface area contributed by atoms with Gasteiger partial charge in [0.1, 0.15) is 0 Å². The van der Waals surface area contributed by atoms with Gasteiger partial charge in [0.15, 0.2) is 28.4 Å². The fourth-order valence-electron chi connectivity index (χ4n) is 2.06. The van der Waals surface area contributed by atoms with Crippen molar-refractivity contribution in [2.75, 3.05) is 18.0 Å². The van der Waals surface area contributed by atoms with Gasteiger partial charge in [0.25, 0.3) is 5.91 Å². The molecule has 0 aromatic carbocycles. The van der Waals surface area contributed by atoms with E-state index < -0.39 is 5.91 Å². The molecule has 0 radical (unpaired) electrons. The molecule has 0 saturated heterocycles. The minimum Gasteiger partial charge on any atom is -0.493 e. The third-order valence-corrected chi connectivity index (χ3v) is 3.64. The number of carbonyl (C=O) groups excluding carboxylic acids is 1. The van der Waals surface area contributed by atoms with E-state index >= 15 is 0 Å². The lowest BCUT2D eigenvalue weighted by Crippen LogP contribution is -2.41. The van der Waals surface area contributed by atoms with Crippen LogP contribution in [0.3, 0.4) is 0 Å². The second-order valence-electron chi connectivity index (χ2n) is 5.37. The van der Waals surface area contributed by atoms with Crippen molar-refractivity contribution < 1.29 is 9.90 Å². The average molecular weight is 379 g/mol. The van der Waals surface area contributed by atoms with E-state index in [0.29, 0.717) is 6.54 Å². The van der Waals surface area contributed by atoms with Crippen LogP contribution in [-0.4, -0.2) is 38.5 Å². The molecule has 0 atom stereocenters. The van der Waals surface area contributed by atoms with Crippen LogP contribution in [0.15, 0.2) is 18.3 Å². The summed E-state index contributed by atoms with van der Waals surface area (Å²) in [6.07, 6.45) is 4.04. The highest BCUT2D eigenvalue weighted by atomic mass is 35.5. The van der Waals surface area contributed by atoms with Gasteiger partial charge < -0.3 is 21.9 Å². The molecular formula is C15H19ClN8O2. The molecule has 10 nitrogen and oxygen atoms in total. The first-order valence-corrected chi connectivity index (χ1v) is 8.10. The second kappa shape index (κ2) is 8.81. The second-order valence-corrected chi connectivity index (χ2v) is 5.73. The van der Waals surface area contributed by atoms with Crippen LogP contribution >= 0.6 is 11.6 Å². The molecule has 0 aliphatic carbocycles. The Balaban J connectivity index is 1.72. The van der Waals surface area contributed by atoms with Gasteiger partial charge in [-0.15, -0.1) is 0 Å². The molecule has 2 aromatic heterocycles. The summed E-state index contributed by atoms with van der Waals surface area (Å²) in [5.41, 5.74) is 11.8. The molecule has 0 fully saturated rings. The third kappa shape index (κ3) is 5.45. The maximum atomic E-state index is 12.0. The zero-order valence-electron chi connectivity index (χ0n) is 13.8. The van der Waals surface area contributed by atoms with Crippen molar-refractivity contribution in [2.45, 2.75) is 19.3 Å². The molecule has 138 valence electrons. The van der Waals surface area contributed by atoms with Crippen molar-refractivity contribution in [2.24, 2.45) is 0 Å². The fourth-order valence-corrected chi connectivity index (χ4v) is 2.18. The van der Waals surface area contributed by atoms with Crippen LogP contribution in [0, 0.1) is 5.41 Å². The lowest BCUT2D eigenvalue weighted by Gasteiger charge is -2.10. The van der Waals surface area contributed by atoms with E-state index in [9.17, 15) is 4.79 Å². The number of nitrogen functional groups attached to an aromatic ring is 2. The maximum Gasteiger partial charge on any atom is 0.280 e. The molecule has 2 rings (SSSR count). The molecule has 8 N–H and O–H groups in total. The smallest absolute Gasteiger partial charge is 0.280 e. The highest BCUT2D eigenvalue weighted by Gasteiger charge is 2.16. The Morgan fingerprint density at radius 2 is 2.00 bits per heavy atom. The van der Waals surface area contributed by atoms with E-state index in [-0.39, 0.29) is 34.3 Å². The van der Waals surface area contributed by atoms with Crippen molar-refractivity contribution in [3.63, 3.8) is 0 Å². The Labute approximate surface area is 154 Å². The third-order valence-electron chi connectivity index (χ3n) is 3.36. The van der Waals surface area contributed by atoms with Crippen LogP contribution in [0.4, 0.5) is 11.6 Å². The summed E-state index contributed by atoms with van der Waals surface area (Å²) >= 11 is 5.72. The number of carbonyl (C=O) groups is 1. The van der Waals surface area contributed by atoms with Crippen LogP contribution in [-0.2, 0) is 6.42 Å². The molecule has 11 heteroatoms. The van der Waals surface area contributed by atoms with E-state index in [1.54, 1.807) is 12.3 Å². The van der Waals surface area contributed by atoms with Crippen molar-refractivity contribution in [3.05, 3.63) is 34.7 Å². The van der Waals surface area contributed by atoms with Gasteiger partial charge in [-0.2, -0.15) is 0 Å². The van der Waals surface area contributed by atoms with Crippen molar-refractivity contribution in [1.29, 1.82) is 5.41 Å². The number of anilines is 2. The molecule has 0 spiro atoms. The van der Waals surface area contributed by atoms with Gasteiger partial charge in [0.05, 0.1) is 0 Å². The number of nitrogens with zero attached hydrogens (tertiary/aromatic N) is 3. The Kier molecular flexibility index (Phi) is 6.50. The topological polar surface area (TPSA) is 176 Å². The molecule has 1 amide bonds. The summed E-state index contributed by atoms with van der Waals surface area (Å²) in [5.74, 6) is -1.13. The van der Waals surface area contributed by atoms with Gasteiger partial charge in [-0.1, -0.05) is 17.7 Å². The van der Waals surface area contributed by atoms with Crippen molar-refractivity contribution >= 4 is 35.1 Å². The lowest BCUT2D eigenvalue weighted by atomic mass is 10.1. The SMILES string of the molecule is N=C(NCCCCc1ccc(O)nc1)NC(=O)c1nc(Cl)c(N)nc1N. The van der Waals surface area contributed by atoms with Crippen LogP contribution in [0.5, 0.6) is 5.88 Å². The lowest BCUT2D eigenvalue weighted by molar-refractivity contribution is 0.0971. The predicted octanol–water partition coefficient (Wildman–Crippen LogP) is 0.672. The summed E-state index contributed by atoms with van der Waals surface area (Å²) < 4.78 is 0. The van der Waals surface area contributed by atoms with Crippen LogP contribution < -0.4 is 22.1 Å². The molecule has 0 bridgehead atoms. The number of aromatic nitrogens is 3. The monoisotopic (exact) mass is 378 g/mol. The normalized spacial score (nSPS) is 10.3. The summed E-state index contributed by atoms with van der Waals surface area (Å²) in [6.45, 7) is 0.494. The molecule has 0 saturated carbocycles. The summed E-state index contributed by atoms with van der Waals surface area (Å²) in [5, 5.41) is 21.8. The first-order chi connectivity index (χ1) is 12.4. The highest BCUT2D eigenvalue weighted by molar-refractivity contribution is 6.31. The first kappa shape index (κ1) is 19.2.